The number of hydroxylamine groups is 1. The number of nitrogens with one attached hydrogen (secondary N) is 1. The summed E-state index contributed by atoms with van der Waals surface area (Å²) in [5.41, 5.74) is 1.47. The van der Waals surface area contributed by atoms with E-state index in [9.17, 15) is 13.2 Å². The minimum atomic E-state index is -4.04. The first-order valence-corrected chi connectivity index (χ1v) is 8.88. The molecular weight excluding hydrogens is 340 g/mol. The van der Waals surface area contributed by atoms with Gasteiger partial charge in [0.25, 0.3) is 5.91 Å². The summed E-state index contributed by atoms with van der Waals surface area (Å²) in [6.07, 6.45) is 6.42. The van der Waals surface area contributed by atoms with Gasteiger partial charge >= 0.3 is 0 Å². The highest BCUT2D eigenvalue weighted by Gasteiger charge is 2.34. The molecule has 1 unspecified atom stereocenters. The minimum absolute atomic E-state index is 0.0285. The van der Waals surface area contributed by atoms with Gasteiger partial charge in [-0.3, -0.25) is 10.0 Å². The Morgan fingerprint density at radius 2 is 2.00 bits per heavy atom. The Kier molecular flexibility index (Phi) is 5.93. The van der Waals surface area contributed by atoms with Crippen LogP contribution in [0.5, 0.6) is 0 Å². The number of terminal acetylenes is 1. The smallest absolute Gasteiger partial charge is 0.262 e. The van der Waals surface area contributed by atoms with Crippen molar-refractivity contribution in [3.8, 4) is 12.3 Å². The zero-order valence-corrected chi connectivity index (χ0v) is 14.2. The van der Waals surface area contributed by atoms with E-state index in [2.05, 4.69) is 12.5 Å². The summed E-state index contributed by atoms with van der Waals surface area (Å²) in [7, 11) is -4.04. The summed E-state index contributed by atoms with van der Waals surface area (Å²) >= 11 is 0. The first-order valence-electron chi connectivity index (χ1n) is 7.44. The van der Waals surface area contributed by atoms with Gasteiger partial charge in [-0.05, 0) is 22.9 Å². The van der Waals surface area contributed by atoms with Crippen LogP contribution < -0.4 is 5.48 Å². The lowest BCUT2D eigenvalue weighted by molar-refractivity contribution is -0.132. The number of rotatable bonds is 7. The summed E-state index contributed by atoms with van der Waals surface area (Å²) < 4.78 is 27.0. The molecule has 0 bridgehead atoms. The number of carbonyl (C=O) groups excluding carboxylic acids is 1. The molecule has 0 aliphatic heterocycles. The summed E-state index contributed by atoms with van der Waals surface area (Å²) in [5, 5.41) is 10.6. The molecule has 0 fully saturated rings. The van der Waals surface area contributed by atoms with Crippen molar-refractivity contribution >= 4 is 26.7 Å². The van der Waals surface area contributed by atoms with Crippen molar-refractivity contribution in [1.29, 1.82) is 0 Å². The summed E-state index contributed by atoms with van der Waals surface area (Å²) in [6.45, 7) is 3.40. The highest BCUT2D eigenvalue weighted by Crippen LogP contribution is 2.24. The van der Waals surface area contributed by atoms with Gasteiger partial charge in [-0.15, -0.1) is 18.9 Å². The highest BCUT2D eigenvalue weighted by molar-refractivity contribution is 7.89. The van der Waals surface area contributed by atoms with Crippen molar-refractivity contribution in [2.45, 2.75) is 17.4 Å². The van der Waals surface area contributed by atoms with Crippen LogP contribution in [0.1, 0.15) is 6.42 Å². The van der Waals surface area contributed by atoms with Gasteiger partial charge in [-0.2, -0.15) is 4.31 Å². The largest absolute Gasteiger partial charge is 0.289 e. The maximum atomic E-state index is 13.1. The van der Waals surface area contributed by atoms with Crippen molar-refractivity contribution in [3.05, 3.63) is 55.1 Å². The van der Waals surface area contributed by atoms with Gasteiger partial charge < -0.3 is 0 Å². The van der Waals surface area contributed by atoms with Crippen LogP contribution in [0, 0.1) is 12.3 Å². The number of fused-ring (bicyclic) bond motifs is 1. The fourth-order valence-electron chi connectivity index (χ4n) is 2.49. The molecule has 0 saturated carbocycles. The second-order valence-corrected chi connectivity index (χ2v) is 7.16. The fraction of sp³-hybridized carbons (Fsp3) is 0.167. The summed E-state index contributed by atoms with van der Waals surface area (Å²) in [6, 6.07) is 10.8. The van der Waals surface area contributed by atoms with Gasteiger partial charge in [0, 0.05) is 13.0 Å². The van der Waals surface area contributed by atoms with E-state index in [0.29, 0.717) is 0 Å². The number of hydrogen-bond acceptors (Lipinski definition) is 4. The SMILES string of the molecule is C#CCC(C(=O)NO)N(CC=C)S(=O)(=O)c1ccc2ccccc2c1. The molecule has 0 aromatic heterocycles. The molecule has 0 aliphatic carbocycles. The minimum Gasteiger partial charge on any atom is -0.289 e. The molecule has 2 aromatic rings. The molecule has 0 heterocycles. The van der Waals surface area contributed by atoms with Crippen LogP contribution in [0.3, 0.4) is 0 Å². The zero-order valence-electron chi connectivity index (χ0n) is 13.4. The normalized spacial score (nSPS) is 12.5. The first kappa shape index (κ1) is 18.7. The second-order valence-electron chi connectivity index (χ2n) is 5.27. The van der Waals surface area contributed by atoms with E-state index < -0.39 is 22.0 Å². The maximum Gasteiger partial charge on any atom is 0.262 e. The molecule has 25 heavy (non-hydrogen) atoms. The molecule has 0 spiro atoms. The average molecular weight is 358 g/mol. The summed E-state index contributed by atoms with van der Waals surface area (Å²) in [4.78, 5) is 11.9. The zero-order chi connectivity index (χ0) is 18.4. The third-order valence-electron chi connectivity index (χ3n) is 3.71. The monoisotopic (exact) mass is 358 g/mol. The fourth-order valence-corrected chi connectivity index (χ4v) is 4.09. The third-order valence-corrected chi connectivity index (χ3v) is 5.58. The van der Waals surface area contributed by atoms with Gasteiger partial charge in [0.15, 0.2) is 0 Å². The van der Waals surface area contributed by atoms with Crippen LogP contribution in [0.15, 0.2) is 60.0 Å². The molecule has 2 aromatic carbocycles. The van der Waals surface area contributed by atoms with Crippen LogP contribution in [-0.2, 0) is 14.8 Å². The van der Waals surface area contributed by atoms with Crippen LogP contribution in [0.2, 0.25) is 0 Å². The van der Waals surface area contributed by atoms with Crippen LogP contribution >= 0.6 is 0 Å². The molecule has 130 valence electrons. The topological polar surface area (TPSA) is 86.7 Å². The van der Waals surface area contributed by atoms with Gasteiger partial charge in [0.1, 0.15) is 6.04 Å². The van der Waals surface area contributed by atoms with E-state index >= 15 is 0 Å². The Bertz CT molecular complexity index is 931. The number of nitrogens with zero attached hydrogens (tertiary/aromatic N) is 1. The molecule has 2 N–H and O–H groups in total. The van der Waals surface area contributed by atoms with Crippen molar-refractivity contribution in [2.75, 3.05) is 6.54 Å². The van der Waals surface area contributed by atoms with E-state index in [0.717, 1.165) is 15.1 Å². The highest BCUT2D eigenvalue weighted by atomic mass is 32.2. The maximum absolute atomic E-state index is 13.1. The van der Waals surface area contributed by atoms with Gasteiger partial charge in [0.05, 0.1) is 4.90 Å². The molecular formula is C18H18N2O4S. The van der Waals surface area contributed by atoms with E-state index in [1.807, 2.05) is 12.1 Å². The van der Waals surface area contributed by atoms with E-state index in [1.54, 1.807) is 18.2 Å². The molecule has 1 amide bonds. The lowest BCUT2D eigenvalue weighted by Gasteiger charge is -2.27. The van der Waals surface area contributed by atoms with Gasteiger partial charge in [-0.25, -0.2) is 13.9 Å². The third kappa shape index (κ3) is 3.88. The number of amides is 1. The number of carbonyl (C=O) groups is 1. The van der Waals surface area contributed by atoms with Gasteiger partial charge in [0.2, 0.25) is 10.0 Å². The average Bonchev–Trinajstić information content (AvgIpc) is 2.63. The van der Waals surface area contributed by atoms with Gasteiger partial charge in [-0.1, -0.05) is 36.4 Å². The Balaban J connectivity index is 2.55. The van der Waals surface area contributed by atoms with E-state index in [4.69, 9.17) is 11.6 Å². The first-order chi connectivity index (χ1) is 12.0. The molecule has 6 nitrogen and oxygen atoms in total. The predicted molar refractivity (Wildman–Crippen MR) is 95.2 cm³/mol. The van der Waals surface area contributed by atoms with Crippen LogP contribution in [0.4, 0.5) is 0 Å². The summed E-state index contributed by atoms with van der Waals surface area (Å²) in [5.74, 6) is 1.36. The van der Waals surface area contributed by atoms with Crippen molar-refractivity contribution in [1.82, 2.24) is 9.79 Å². The van der Waals surface area contributed by atoms with Crippen molar-refractivity contribution in [3.63, 3.8) is 0 Å². The molecule has 7 heteroatoms. The molecule has 2 rings (SSSR count). The lowest BCUT2D eigenvalue weighted by atomic mass is 10.1. The molecule has 1 atom stereocenters. The Morgan fingerprint density at radius 3 is 2.60 bits per heavy atom. The molecule has 0 aliphatic rings. The second kappa shape index (κ2) is 7.94. The van der Waals surface area contributed by atoms with Crippen LogP contribution in [-0.4, -0.2) is 36.4 Å². The van der Waals surface area contributed by atoms with Crippen molar-refractivity contribution in [2.24, 2.45) is 0 Å². The lowest BCUT2D eigenvalue weighted by Crippen LogP contribution is -2.48. The predicted octanol–water partition coefficient (Wildman–Crippen LogP) is 1.91. The molecule has 0 radical (unpaired) electrons. The number of hydrogen-bond donors (Lipinski definition) is 2. The molecule has 0 saturated heterocycles. The Hall–Kier alpha value is -2.66. The quantitative estimate of drug-likeness (QED) is 0.343. The van der Waals surface area contributed by atoms with Crippen LogP contribution in [0.25, 0.3) is 10.8 Å². The van der Waals surface area contributed by atoms with E-state index in [-0.39, 0.29) is 17.9 Å². The van der Waals surface area contributed by atoms with E-state index in [1.165, 1.54) is 23.7 Å². The standard InChI is InChI=1S/C18H18N2O4S/c1-3-7-17(18(21)19-22)20(12-4-2)25(23,24)16-11-10-14-8-5-6-9-15(14)13-16/h1,4-6,8-11,13,17,22H,2,7,12H2,(H,19,21). The van der Waals surface area contributed by atoms with Crippen molar-refractivity contribution < 1.29 is 18.4 Å². The Labute approximate surface area is 146 Å². The number of benzene rings is 2. The number of sulfonamides is 1. The Morgan fingerprint density at radius 1 is 1.32 bits per heavy atom.